The Morgan fingerprint density at radius 3 is 2.50 bits per heavy atom. The lowest BCUT2D eigenvalue weighted by atomic mass is 9.90. The predicted molar refractivity (Wildman–Crippen MR) is 139 cm³/mol. The highest BCUT2D eigenvalue weighted by Gasteiger charge is 2.40. The van der Waals surface area contributed by atoms with Gasteiger partial charge in [-0.1, -0.05) is 43.3 Å². The summed E-state index contributed by atoms with van der Waals surface area (Å²) in [6.07, 6.45) is 1.59. The number of aliphatic hydroxyl groups excluding tert-OH is 1. The molecule has 4 rings (SSSR count). The van der Waals surface area contributed by atoms with Crippen LogP contribution in [0.4, 0.5) is 10.5 Å². The Morgan fingerprint density at radius 1 is 1.11 bits per heavy atom. The van der Waals surface area contributed by atoms with Crippen molar-refractivity contribution in [3.05, 3.63) is 65.2 Å². The SMILES string of the molecule is CCNC(=O)Nc1ccc([C@@H]2O[C@H](CN3CCC[C@H]3COC)[C@H](C)[C@H](c3ccc(CO)cc3)O2)cc1. The van der Waals surface area contributed by atoms with E-state index in [1.54, 1.807) is 7.11 Å². The second kappa shape index (κ2) is 12.7. The van der Waals surface area contributed by atoms with Crippen LogP contribution in [0.3, 0.4) is 0 Å². The molecule has 0 bridgehead atoms. The Labute approximate surface area is 213 Å². The molecule has 0 saturated carbocycles. The summed E-state index contributed by atoms with van der Waals surface area (Å²) in [6.45, 7) is 7.24. The van der Waals surface area contributed by atoms with Gasteiger partial charge in [0.15, 0.2) is 6.29 Å². The number of ether oxygens (including phenoxy) is 3. The molecule has 2 amide bonds. The third-order valence-corrected chi connectivity index (χ3v) is 7.17. The summed E-state index contributed by atoms with van der Waals surface area (Å²) in [6, 6.07) is 15.8. The number of likely N-dealkylation sites (tertiary alicyclic amines) is 1. The average molecular weight is 498 g/mol. The molecular weight excluding hydrogens is 458 g/mol. The number of benzene rings is 2. The van der Waals surface area contributed by atoms with Crippen molar-refractivity contribution in [2.24, 2.45) is 5.92 Å². The van der Waals surface area contributed by atoms with E-state index in [9.17, 15) is 9.90 Å². The van der Waals surface area contributed by atoms with E-state index in [-0.39, 0.29) is 30.8 Å². The van der Waals surface area contributed by atoms with Crippen molar-refractivity contribution in [2.45, 2.75) is 57.8 Å². The third-order valence-electron chi connectivity index (χ3n) is 7.17. The second-order valence-corrected chi connectivity index (χ2v) is 9.67. The standard InChI is InChI=1S/C28H39N3O5/c1-4-29-28(33)30-23-13-11-22(12-14-23)27-35-25(16-31-15-5-6-24(31)18-34-3)19(2)26(36-27)21-9-7-20(17-32)8-10-21/h7-14,19,24-27,32H,4-6,15-18H2,1-3H3,(H2,29,30,33)/t19-,24-,25+,26+,27+/m0/s1. The van der Waals surface area contributed by atoms with E-state index in [0.29, 0.717) is 18.3 Å². The maximum Gasteiger partial charge on any atom is 0.319 e. The van der Waals surface area contributed by atoms with E-state index in [2.05, 4.69) is 22.5 Å². The number of rotatable bonds is 9. The molecule has 2 saturated heterocycles. The Balaban J connectivity index is 1.55. The van der Waals surface area contributed by atoms with Crippen molar-refractivity contribution in [3.8, 4) is 0 Å². The highest BCUT2D eigenvalue weighted by molar-refractivity contribution is 5.89. The largest absolute Gasteiger partial charge is 0.392 e. The van der Waals surface area contributed by atoms with Crippen LogP contribution in [-0.2, 0) is 20.8 Å². The van der Waals surface area contributed by atoms with Gasteiger partial charge in [-0.25, -0.2) is 4.79 Å². The molecule has 0 radical (unpaired) electrons. The van der Waals surface area contributed by atoms with Gasteiger partial charge in [0.05, 0.1) is 25.4 Å². The Kier molecular flexibility index (Phi) is 9.34. The average Bonchev–Trinajstić information content (AvgIpc) is 3.33. The summed E-state index contributed by atoms with van der Waals surface area (Å²) in [5, 5.41) is 15.0. The Bertz CT molecular complexity index is 968. The highest BCUT2D eigenvalue weighted by atomic mass is 16.7. The minimum absolute atomic E-state index is 0.0161. The number of aliphatic hydroxyl groups is 1. The zero-order chi connectivity index (χ0) is 25.5. The lowest BCUT2D eigenvalue weighted by Crippen LogP contribution is -2.46. The van der Waals surface area contributed by atoms with E-state index in [1.165, 1.54) is 6.42 Å². The van der Waals surface area contributed by atoms with Crippen molar-refractivity contribution in [2.75, 3.05) is 38.7 Å². The van der Waals surface area contributed by atoms with Gasteiger partial charge in [0.1, 0.15) is 0 Å². The number of urea groups is 1. The lowest BCUT2D eigenvalue weighted by Gasteiger charge is -2.43. The summed E-state index contributed by atoms with van der Waals surface area (Å²) in [7, 11) is 1.76. The lowest BCUT2D eigenvalue weighted by molar-refractivity contribution is -0.276. The molecule has 5 atom stereocenters. The fourth-order valence-corrected chi connectivity index (χ4v) is 5.14. The smallest absolute Gasteiger partial charge is 0.319 e. The number of carbonyl (C=O) groups is 1. The zero-order valence-corrected chi connectivity index (χ0v) is 21.5. The van der Waals surface area contributed by atoms with Crippen LogP contribution in [0.15, 0.2) is 48.5 Å². The first-order valence-electron chi connectivity index (χ1n) is 12.9. The second-order valence-electron chi connectivity index (χ2n) is 9.67. The van der Waals surface area contributed by atoms with Gasteiger partial charge in [0.2, 0.25) is 0 Å². The molecule has 2 heterocycles. The number of nitrogens with one attached hydrogen (secondary N) is 2. The van der Waals surface area contributed by atoms with E-state index >= 15 is 0 Å². The molecule has 8 heteroatoms. The topological polar surface area (TPSA) is 92.3 Å². The van der Waals surface area contributed by atoms with E-state index in [0.717, 1.165) is 42.8 Å². The summed E-state index contributed by atoms with van der Waals surface area (Å²) < 4.78 is 18.6. The maximum atomic E-state index is 11.9. The first kappa shape index (κ1) is 26.6. The summed E-state index contributed by atoms with van der Waals surface area (Å²) in [5.41, 5.74) is 3.56. The number of anilines is 1. The number of nitrogens with zero attached hydrogens (tertiary/aromatic N) is 1. The predicted octanol–water partition coefficient (Wildman–Crippen LogP) is 4.22. The molecule has 0 spiro atoms. The Hall–Kier alpha value is -2.49. The summed E-state index contributed by atoms with van der Waals surface area (Å²) >= 11 is 0. The van der Waals surface area contributed by atoms with Gasteiger partial charge in [-0.2, -0.15) is 0 Å². The first-order chi connectivity index (χ1) is 17.5. The van der Waals surface area contributed by atoms with Crippen LogP contribution in [0.25, 0.3) is 0 Å². The van der Waals surface area contributed by atoms with Crippen LogP contribution in [0.1, 0.15) is 55.8 Å². The van der Waals surface area contributed by atoms with Gasteiger partial charge in [0.25, 0.3) is 0 Å². The molecule has 2 aromatic rings. The van der Waals surface area contributed by atoms with Crippen molar-refractivity contribution in [1.82, 2.24) is 10.2 Å². The molecule has 2 fully saturated rings. The normalized spacial score (nSPS) is 26.6. The maximum absolute atomic E-state index is 11.9. The first-order valence-corrected chi connectivity index (χ1v) is 12.9. The van der Waals surface area contributed by atoms with Crippen LogP contribution in [0.5, 0.6) is 0 Å². The fourth-order valence-electron chi connectivity index (χ4n) is 5.14. The monoisotopic (exact) mass is 497 g/mol. The van der Waals surface area contributed by atoms with Crippen LogP contribution in [-0.4, -0.2) is 61.5 Å². The quantitative estimate of drug-likeness (QED) is 0.480. The number of hydrogen-bond acceptors (Lipinski definition) is 6. The van der Waals surface area contributed by atoms with Crippen LogP contribution in [0, 0.1) is 5.92 Å². The number of carbonyl (C=O) groups excluding carboxylic acids is 1. The van der Waals surface area contributed by atoms with Gasteiger partial charge in [-0.15, -0.1) is 0 Å². The van der Waals surface area contributed by atoms with Gasteiger partial charge >= 0.3 is 6.03 Å². The molecule has 0 aliphatic carbocycles. The molecule has 196 valence electrons. The molecule has 36 heavy (non-hydrogen) atoms. The van der Waals surface area contributed by atoms with E-state index in [1.807, 2.05) is 55.5 Å². The molecule has 3 N–H and O–H groups in total. The minimum atomic E-state index is -0.532. The molecule has 0 aromatic heterocycles. The van der Waals surface area contributed by atoms with Crippen LogP contribution >= 0.6 is 0 Å². The van der Waals surface area contributed by atoms with E-state index < -0.39 is 6.29 Å². The van der Waals surface area contributed by atoms with Crippen molar-refractivity contribution in [1.29, 1.82) is 0 Å². The minimum Gasteiger partial charge on any atom is -0.392 e. The molecule has 8 nitrogen and oxygen atoms in total. The van der Waals surface area contributed by atoms with Gasteiger partial charge in [-0.3, -0.25) is 4.90 Å². The van der Waals surface area contributed by atoms with Gasteiger partial charge < -0.3 is 30.0 Å². The number of amides is 2. The number of hydrogen-bond donors (Lipinski definition) is 3. The van der Waals surface area contributed by atoms with Crippen molar-refractivity contribution in [3.63, 3.8) is 0 Å². The summed E-state index contributed by atoms with van der Waals surface area (Å²) in [4.78, 5) is 14.3. The van der Waals surface area contributed by atoms with Crippen LogP contribution < -0.4 is 10.6 Å². The highest BCUT2D eigenvalue weighted by Crippen LogP contribution is 2.42. The van der Waals surface area contributed by atoms with E-state index in [4.69, 9.17) is 14.2 Å². The fraction of sp³-hybridized carbons (Fsp3) is 0.536. The van der Waals surface area contributed by atoms with Gasteiger partial charge in [-0.05, 0) is 49.6 Å². The van der Waals surface area contributed by atoms with Gasteiger partial charge in [0, 0.05) is 43.4 Å². The van der Waals surface area contributed by atoms with Crippen molar-refractivity contribution < 1.29 is 24.1 Å². The number of methoxy groups -OCH3 is 1. The summed E-state index contributed by atoms with van der Waals surface area (Å²) in [5.74, 6) is 0.128. The van der Waals surface area contributed by atoms with Crippen LogP contribution in [0.2, 0.25) is 0 Å². The zero-order valence-electron chi connectivity index (χ0n) is 21.5. The van der Waals surface area contributed by atoms with Crippen molar-refractivity contribution >= 4 is 11.7 Å². The Morgan fingerprint density at radius 2 is 1.83 bits per heavy atom. The molecule has 2 aromatic carbocycles. The molecule has 0 unspecified atom stereocenters. The molecule has 2 aliphatic rings. The molecular formula is C28H39N3O5. The third kappa shape index (κ3) is 6.44. The molecule has 2 aliphatic heterocycles.